The van der Waals surface area contributed by atoms with E-state index >= 15 is 0 Å². The molecule has 5 heteroatoms. The smallest absolute Gasteiger partial charge is 0.0701 e. The molecule has 1 aliphatic heterocycles. The molecule has 0 aliphatic carbocycles. The molecule has 1 heterocycles. The molecule has 1 fully saturated rings. The molecule has 0 aromatic heterocycles. The summed E-state index contributed by atoms with van der Waals surface area (Å²) < 4.78 is 15.6. The average Bonchev–Trinajstić information content (AvgIpc) is 2.33. The number of likely N-dealkylation sites (tertiary alicyclic amines) is 1. The van der Waals surface area contributed by atoms with E-state index in [-0.39, 0.29) is 6.10 Å². The Bertz CT molecular complexity index is 180. The standard InChI is InChI=1S/C12H25NO4/c1-15-7-8-17-10-9-16-6-5-13-4-2-3-12(14)11-13/h12,14H,2-11H2,1H3. The van der Waals surface area contributed by atoms with Crippen molar-refractivity contribution in [1.82, 2.24) is 4.90 Å². The Balaban J connectivity index is 1.83. The highest BCUT2D eigenvalue weighted by atomic mass is 16.5. The van der Waals surface area contributed by atoms with Gasteiger partial charge in [-0.3, -0.25) is 4.90 Å². The molecular formula is C12H25NO4. The molecule has 0 saturated carbocycles. The summed E-state index contributed by atoms with van der Waals surface area (Å²) in [5.41, 5.74) is 0. The number of nitrogens with zero attached hydrogens (tertiary/aromatic N) is 1. The minimum absolute atomic E-state index is 0.152. The number of aliphatic hydroxyl groups excluding tert-OH is 1. The molecule has 1 aliphatic rings. The summed E-state index contributed by atoms with van der Waals surface area (Å²) in [4.78, 5) is 2.25. The molecule has 1 rings (SSSR count). The molecule has 17 heavy (non-hydrogen) atoms. The molecule has 1 saturated heterocycles. The Hall–Kier alpha value is -0.200. The Labute approximate surface area is 104 Å². The first kappa shape index (κ1) is 14.9. The molecule has 1 N–H and O–H groups in total. The van der Waals surface area contributed by atoms with Crippen molar-refractivity contribution >= 4 is 0 Å². The van der Waals surface area contributed by atoms with Crippen LogP contribution in [0.15, 0.2) is 0 Å². The molecule has 1 unspecified atom stereocenters. The Kier molecular flexibility index (Phi) is 8.56. The first-order valence-electron chi connectivity index (χ1n) is 6.38. The third-order valence-corrected chi connectivity index (χ3v) is 2.84. The van der Waals surface area contributed by atoms with Crippen molar-refractivity contribution in [2.24, 2.45) is 0 Å². The van der Waals surface area contributed by atoms with Crippen molar-refractivity contribution in [3.05, 3.63) is 0 Å². The lowest BCUT2D eigenvalue weighted by Gasteiger charge is -2.29. The largest absolute Gasteiger partial charge is 0.392 e. The van der Waals surface area contributed by atoms with Crippen LogP contribution in [0.25, 0.3) is 0 Å². The summed E-state index contributed by atoms with van der Waals surface area (Å²) in [6, 6.07) is 0. The van der Waals surface area contributed by atoms with Crippen molar-refractivity contribution in [2.75, 3.05) is 59.8 Å². The minimum Gasteiger partial charge on any atom is -0.392 e. The van der Waals surface area contributed by atoms with E-state index in [1.165, 1.54) is 0 Å². The summed E-state index contributed by atoms with van der Waals surface area (Å²) in [5, 5.41) is 9.49. The normalized spacial score (nSPS) is 21.9. The first-order chi connectivity index (χ1) is 8.33. The SMILES string of the molecule is COCCOCCOCCN1CCCC(O)C1. The number of ether oxygens (including phenoxy) is 3. The van der Waals surface area contributed by atoms with Crippen molar-refractivity contribution in [3.63, 3.8) is 0 Å². The van der Waals surface area contributed by atoms with E-state index in [0.29, 0.717) is 33.0 Å². The van der Waals surface area contributed by atoms with Crippen LogP contribution < -0.4 is 0 Å². The van der Waals surface area contributed by atoms with E-state index in [0.717, 1.165) is 32.5 Å². The van der Waals surface area contributed by atoms with Crippen LogP contribution in [0.1, 0.15) is 12.8 Å². The van der Waals surface area contributed by atoms with E-state index in [1.807, 2.05) is 0 Å². The quantitative estimate of drug-likeness (QED) is 0.587. The fourth-order valence-corrected chi connectivity index (χ4v) is 1.89. The summed E-state index contributed by atoms with van der Waals surface area (Å²) in [7, 11) is 1.66. The zero-order chi connectivity index (χ0) is 12.3. The van der Waals surface area contributed by atoms with Gasteiger partial charge in [0.25, 0.3) is 0 Å². The van der Waals surface area contributed by atoms with Crippen LogP contribution in [0.4, 0.5) is 0 Å². The first-order valence-corrected chi connectivity index (χ1v) is 6.38. The summed E-state index contributed by atoms with van der Waals surface area (Å²) >= 11 is 0. The van der Waals surface area contributed by atoms with Crippen molar-refractivity contribution < 1.29 is 19.3 Å². The highest BCUT2D eigenvalue weighted by Crippen LogP contribution is 2.08. The number of β-amino-alcohol motifs (C(OH)–C–C–N with tert-alkyl or cyclic N) is 1. The van der Waals surface area contributed by atoms with Crippen LogP contribution in [0.3, 0.4) is 0 Å². The molecule has 0 aromatic carbocycles. The number of piperidine rings is 1. The molecule has 1 atom stereocenters. The highest BCUT2D eigenvalue weighted by molar-refractivity contribution is 4.71. The van der Waals surface area contributed by atoms with Crippen LogP contribution in [0, 0.1) is 0 Å². The molecule has 5 nitrogen and oxygen atoms in total. The maximum atomic E-state index is 9.49. The second kappa shape index (κ2) is 9.79. The molecule has 0 bridgehead atoms. The molecule has 0 spiro atoms. The number of methoxy groups -OCH3 is 1. The van der Waals surface area contributed by atoms with Gasteiger partial charge in [-0.2, -0.15) is 0 Å². The molecule has 0 amide bonds. The fourth-order valence-electron chi connectivity index (χ4n) is 1.89. The van der Waals surface area contributed by atoms with Gasteiger partial charge in [0.15, 0.2) is 0 Å². The van der Waals surface area contributed by atoms with Gasteiger partial charge in [-0.25, -0.2) is 0 Å². The summed E-state index contributed by atoms with van der Waals surface area (Å²) in [5.74, 6) is 0. The molecule has 0 radical (unpaired) electrons. The number of aliphatic hydroxyl groups is 1. The van der Waals surface area contributed by atoms with E-state index in [2.05, 4.69) is 4.90 Å². The van der Waals surface area contributed by atoms with Crippen LogP contribution in [0.5, 0.6) is 0 Å². The Morgan fingerprint density at radius 2 is 1.82 bits per heavy atom. The summed E-state index contributed by atoms with van der Waals surface area (Å²) in [6.45, 7) is 5.96. The van der Waals surface area contributed by atoms with Crippen molar-refractivity contribution in [1.29, 1.82) is 0 Å². The highest BCUT2D eigenvalue weighted by Gasteiger charge is 2.16. The van der Waals surface area contributed by atoms with Gasteiger partial charge >= 0.3 is 0 Å². The van der Waals surface area contributed by atoms with Gasteiger partial charge < -0.3 is 19.3 Å². The van der Waals surface area contributed by atoms with Crippen LogP contribution >= 0.6 is 0 Å². The second-order valence-electron chi connectivity index (χ2n) is 4.31. The molecule has 102 valence electrons. The van der Waals surface area contributed by atoms with Crippen LogP contribution in [-0.4, -0.2) is 75.9 Å². The maximum absolute atomic E-state index is 9.49. The fraction of sp³-hybridized carbons (Fsp3) is 1.00. The van der Waals surface area contributed by atoms with Crippen LogP contribution in [0.2, 0.25) is 0 Å². The predicted octanol–water partition coefficient (Wildman–Crippen LogP) is 0.123. The lowest BCUT2D eigenvalue weighted by Crippen LogP contribution is -2.40. The van der Waals surface area contributed by atoms with Crippen LogP contribution in [-0.2, 0) is 14.2 Å². The Morgan fingerprint density at radius 3 is 2.53 bits per heavy atom. The van der Waals surface area contributed by atoms with E-state index < -0.39 is 0 Å². The molecule has 0 aromatic rings. The van der Waals surface area contributed by atoms with Gasteiger partial charge in [0.2, 0.25) is 0 Å². The third-order valence-electron chi connectivity index (χ3n) is 2.84. The van der Waals surface area contributed by atoms with Crippen molar-refractivity contribution in [2.45, 2.75) is 18.9 Å². The number of hydrogen-bond donors (Lipinski definition) is 1. The van der Waals surface area contributed by atoms with Gasteiger partial charge in [0.05, 0.1) is 39.1 Å². The zero-order valence-corrected chi connectivity index (χ0v) is 10.8. The lowest BCUT2D eigenvalue weighted by atomic mass is 10.1. The number of hydrogen-bond acceptors (Lipinski definition) is 5. The predicted molar refractivity (Wildman–Crippen MR) is 65.2 cm³/mol. The van der Waals surface area contributed by atoms with Crippen molar-refractivity contribution in [3.8, 4) is 0 Å². The third kappa shape index (κ3) is 7.68. The number of rotatable bonds is 9. The van der Waals surface area contributed by atoms with Gasteiger partial charge in [-0.1, -0.05) is 0 Å². The maximum Gasteiger partial charge on any atom is 0.0701 e. The lowest BCUT2D eigenvalue weighted by molar-refractivity contribution is 0.0104. The molecular weight excluding hydrogens is 222 g/mol. The average molecular weight is 247 g/mol. The van der Waals surface area contributed by atoms with Gasteiger partial charge in [0.1, 0.15) is 0 Å². The topological polar surface area (TPSA) is 51.2 Å². The second-order valence-corrected chi connectivity index (χ2v) is 4.31. The Morgan fingerprint density at radius 1 is 1.12 bits per heavy atom. The van der Waals surface area contributed by atoms with E-state index in [4.69, 9.17) is 14.2 Å². The van der Waals surface area contributed by atoms with Gasteiger partial charge in [0, 0.05) is 20.2 Å². The van der Waals surface area contributed by atoms with E-state index in [9.17, 15) is 5.11 Å². The monoisotopic (exact) mass is 247 g/mol. The summed E-state index contributed by atoms with van der Waals surface area (Å²) in [6.07, 6.45) is 1.87. The van der Waals surface area contributed by atoms with Gasteiger partial charge in [-0.15, -0.1) is 0 Å². The van der Waals surface area contributed by atoms with Gasteiger partial charge in [-0.05, 0) is 19.4 Å². The minimum atomic E-state index is -0.152. The van der Waals surface area contributed by atoms with E-state index in [1.54, 1.807) is 7.11 Å². The zero-order valence-electron chi connectivity index (χ0n) is 10.8.